The molecule has 2 atom stereocenters. The van der Waals surface area contributed by atoms with Crippen molar-refractivity contribution < 1.29 is 48.1 Å². The highest BCUT2D eigenvalue weighted by molar-refractivity contribution is 6.43. The number of ether oxygens (including phenoxy) is 2. The number of nitrogens with zero attached hydrogens (tertiary/aromatic N) is 2. The van der Waals surface area contributed by atoms with Gasteiger partial charge in [0.25, 0.3) is 5.91 Å². The predicted molar refractivity (Wildman–Crippen MR) is 136 cm³/mol. The Bertz CT molecular complexity index is 1410. The van der Waals surface area contributed by atoms with E-state index in [1.54, 1.807) is 12.1 Å². The Hall–Kier alpha value is -5.27. The summed E-state index contributed by atoms with van der Waals surface area (Å²) >= 11 is 0. The Morgan fingerprint density at radius 1 is 1.07 bits per heavy atom. The Balaban J connectivity index is 1.58. The van der Waals surface area contributed by atoms with Gasteiger partial charge >= 0.3 is 5.97 Å². The van der Waals surface area contributed by atoms with E-state index in [9.17, 15) is 33.6 Å². The second-order valence-corrected chi connectivity index (χ2v) is 8.86. The van der Waals surface area contributed by atoms with Crippen molar-refractivity contribution >= 4 is 53.0 Å². The van der Waals surface area contributed by atoms with Gasteiger partial charge in [0.15, 0.2) is 11.5 Å². The fraction of sp³-hybridized carbons (Fsp3) is 0.269. The van der Waals surface area contributed by atoms with Crippen LogP contribution in [0.1, 0.15) is 30.1 Å². The first-order chi connectivity index (χ1) is 19.1. The maximum absolute atomic E-state index is 13.4. The number of hydrogen-bond donors (Lipinski definition) is 3. The second kappa shape index (κ2) is 11.6. The molecule has 0 aromatic heterocycles. The third-order valence-electron chi connectivity index (χ3n) is 6.10. The summed E-state index contributed by atoms with van der Waals surface area (Å²) in [5.41, 5.74) is 0.324. The molecule has 0 unspecified atom stereocenters. The van der Waals surface area contributed by atoms with Crippen molar-refractivity contribution in [1.29, 1.82) is 0 Å². The van der Waals surface area contributed by atoms with E-state index in [1.165, 1.54) is 37.3 Å². The molecule has 0 spiro atoms. The first kappa shape index (κ1) is 27.8. The minimum absolute atomic E-state index is 0.000800. The lowest BCUT2D eigenvalue weighted by Gasteiger charge is -2.29. The van der Waals surface area contributed by atoms with E-state index in [0.29, 0.717) is 5.75 Å². The van der Waals surface area contributed by atoms with Gasteiger partial charge in [0.05, 0.1) is 30.3 Å². The van der Waals surface area contributed by atoms with Crippen LogP contribution in [0.2, 0.25) is 0 Å². The maximum Gasteiger partial charge on any atom is 0.305 e. The van der Waals surface area contributed by atoms with Crippen molar-refractivity contribution in [3.63, 3.8) is 0 Å². The molecule has 3 N–H and O–H groups in total. The van der Waals surface area contributed by atoms with E-state index in [-0.39, 0.29) is 35.8 Å². The molecule has 0 radical (unpaired) electrons. The molecule has 4 rings (SSSR count). The van der Waals surface area contributed by atoms with Gasteiger partial charge < -0.3 is 34.9 Å². The number of amides is 4. The number of fused-ring (bicyclic) bond motifs is 2. The van der Waals surface area contributed by atoms with Crippen LogP contribution in [0.4, 0.5) is 11.4 Å². The number of aliphatic carboxylic acids is 1. The van der Waals surface area contributed by atoms with Gasteiger partial charge in [-0.3, -0.25) is 33.7 Å². The van der Waals surface area contributed by atoms with Gasteiger partial charge in [0, 0.05) is 12.5 Å². The standard InChI is InChI=1S/C26H24N4O10/c1-14(32)30-18-5-3-2-4-17(18)29(11-22(33)27-16(12-31)9-24(35)36)23(34)10-21(30)28-26(38)25(37)15-6-7-19-20(8-15)40-13-39-19/h2-8,12,16,21H,9-11,13H2,1H3,(H,27,33)(H,28,38)(H,35,36)/t16-,21-/m0/s1. The van der Waals surface area contributed by atoms with E-state index in [0.717, 1.165) is 9.80 Å². The Morgan fingerprint density at radius 2 is 1.77 bits per heavy atom. The zero-order valence-corrected chi connectivity index (χ0v) is 21.1. The number of benzene rings is 2. The zero-order chi connectivity index (χ0) is 29.0. The number of carboxylic acids is 1. The van der Waals surface area contributed by atoms with Crippen LogP contribution in [0, 0.1) is 0 Å². The Labute approximate surface area is 226 Å². The monoisotopic (exact) mass is 552 g/mol. The first-order valence-electron chi connectivity index (χ1n) is 12.0. The van der Waals surface area contributed by atoms with Crippen molar-refractivity contribution in [2.24, 2.45) is 0 Å². The number of rotatable bonds is 9. The van der Waals surface area contributed by atoms with E-state index >= 15 is 0 Å². The van der Waals surface area contributed by atoms with Crippen molar-refractivity contribution in [2.45, 2.75) is 32.0 Å². The fourth-order valence-corrected chi connectivity index (χ4v) is 4.35. The van der Waals surface area contributed by atoms with Gasteiger partial charge in [-0.25, -0.2) is 0 Å². The van der Waals surface area contributed by atoms with E-state index in [2.05, 4.69) is 10.6 Å². The fourth-order valence-electron chi connectivity index (χ4n) is 4.35. The minimum Gasteiger partial charge on any atom is -0.481 e. The summed E-state index contributed by atoms with van der Waals surface area (Å²) in [5.74, 6) is -4.71. The van der Waals surface area contributed by atoms with E-state index < -0.39 is 67.0 Å². The number of carboxylic acid groups (broad SMARTS) is 1. The average molecular weight is 552 g/mol. The van der Waals surface area contributed by atoms with Crippen molar-refractivity contribution in [3.8, 4) is 11.5 Å². The second-order valence-electron chi connectivity index (χ2n) is 8.86. The molecule has 2 aromatic carbocycles. The molecule has 14 heteroatoms. The number of aldehydes is 1. The summed E-state index contributed by atoms with van der Waals surface area (Å²) in [5, 5.41) is 13.6. The Morgan fingerprint density at radius 3 is 2.45 bits per heavy atom. The summed E-state index contributed by atoms with van der Waals surface area (Å²) in [6.45, 7) is 0.575. The zero-order valence-electron chi connectivity index (χ0n) is 21.1. The van der Waals surface area contributed by atoms with Gasteiger partial charge in [-0.1, -0.05) is 12.1 Å². The number of carbonyl (C=O) groups is 7. The van der Waals surface area contributed by atoms with Gasteiger partial charge in [0.1, 0.15) is 19.0 Å². The molecule has 208 valence electrons. The molecule has 0 aliphatic carbocycles. The van der Waals surface area contributed by atoms with E-state index in [4.69, 9.17) is 14.6 Å². The van der Waals surface area contributed by atoms with Crippen LogP contribution in [0.3, 0.4) is 0 Å². The molecule has 0 bridgehead atoms. The quantitative estimate of drug-likeness (QED) is 0.217. The molecular weight excluding hydrogens is 528 g/mol. The SMILES string of the molecule is CC(=O)N1c2ccccc2N(CC(=O)N[C@H](C=O)CC(=O)O)C(=O)C[C@H]1NC(=O)C(=O)c1ccc2c(c1)OCO2. The predicted octanol–water partition coefficient (Wildman–Crippen LogP) is -0.0115. The third kappa shape index (κ3) is 5.90. The van der Waals surface area contributed by atoms with Crippen LogP contribution in [0.5, 0.6) is 11.5 Å². The number of para-hydroxylation sites is 2. The smallest absolute Gasteiger partial charge is 0.305 e. The summed E-state index contributed by atoms with van der Waals surface area (Å²) in [6.07, 6.45) is -2.18. The molecule has 0 saturated carbocycles. The highest BCUT2D eigenvalue weighted by Gasteiger charge is 2.37. The third-order valence-corrected chi connectivity index (χ3v) is 6.10. The number of ketones is 1. The van der Waals surface area contributed by atoms with Gasteiger partial charge in [-0.05, 0) is 30.3 Å². The molecule has 2 heterocycles. The average Bonchev–Trinajstić information content (AvgIpc) is 3.34. The normalized spacial score (nSPS) is 16.3. The summed E-state index contributed by atoms with van der Waals surface area (Å²) in [6, 6.07) is 9.01. The Kier molecular flexibility index (Phi) is 8.07. The molecule has 40 heavy (non-hydrogen) atoms. The van der Waals surface area contributed by atoms with Crippen LogP contribution in [-0.2, 0) is 28.8 Å². The lowest BCUT2D eigenvalue weighted by molar-refractivity contribution is -0.139. The number of Topliss-reactive ketones (excluding diaryl/α,β-unsaturated/α-hetero) is 1. The highest BCUT2D eigenvalue weighted by atomic mass is 16.7. The van der Waals surface area contributed by atoms with Crippen LogP contribution in [0.15, 0.2) is 42.5 Å². The summed E-state index contributed by atoms with van der Waals surface area (Å²) < 4.78 is 10.4. The van der Waals surface area contributed by atoms with Gasteiger partial charge in [0.2, 0.25) is 30.3 Å². The molecule has 2 aliphatic heterocycles. The van der Waals surface area contributed by atoms with Crippen molar-refractivity contribution in [1.82, 2.24) is 10.6 Å². The van der Waals surface area contributed by atoms with Crippen LogP contribution in [-0.4, -0.2) is 72.3 Å². The van der Waals surface area contributed by atoms with E-state index in [1.807, 2.05) is 0 Å². The lowest BCUT2D eigenvalue weighted by Crippen LogP contribution is -2.53. The van der Waals surface area contributed by atoms with Crippen LogP contribution in [0.25, 0.3) is 0 Å². The lowest BCUT2D eigenvalue weighted by atomic mass is 10.1. The first-order valence-corrected chi connectivity index (χ1v) is 12.0. The number of nitrogens with one attached hydrogen (secondary N) is 2. The molecular formula is C26H24N4O10. The molecule has 14 nitrogen and oxygen atoms in total. The highest BCUT2D eigenvalue weighted by Crippen LogP contribution is 2.35. The molecule has 2 aromatic rings. The maximum atomic E-state index is 13.4. The topological polar surface area (TPSA) is 189 Å². The number of carbonyl (C=O) groups excluding carboxylic acids is 6. The van der Waals surface area contributed by atoms with Gasteiger partial charge in [-0.15, -0.1) is 0 Å². The molecule has 4 amide bonds. The minimum atomic E-state index is -1.31. The van der Waals surface area contributed by atoms with Crippen LogP contribution >= 0.6 is 0 Å². The summed E-state index contributed by atoms with van der Waals surface area (Å²) in [7, 11) is 0. The van der Waals surface area contributed by atoms with Gasteiger partial charge in [-0.2, -0.15) is 0 Å². The van der Waals surface area contributed by atoms with Crippen LogP contribution < -0.4 is 29.9 Å². The summed E-state index contributed by atoms with van der Waals surface area (Å²) in [4.78, 5) is 88.9. The molecule has 2 aliphatic rings. The largest absolute Gasteiger partial charge is 0.481 e. The molecule has 0 saturated heterocycles. The number of anilines is 2. The van der Waals surface area contributed by atoms with Crippen molar-refractivity contribution in [2.75, 3.05) is 23.1 Å². The van der Waals surface area contributed by atoms with Crippen molar-refractivity contribution in [3.05, 3.63) is 48.0 Å². The number of hydrogen-bond acceptors (Lipinski definition) is 9. The molecule has 0 fully saturated rings.